The van der Waals surface area contributed by atoms with Gasteiger partial charge in [0.1, 0.15) is 23.9 Å². The standard InChI is InChI=1S/C16H17N5O2/c1-12-10-15(18-16(22)20-9-5-8-17-11-20)21(19-12)13-6-3-4-7-14(13)23-2/h3-10H,11H2,1-2H3,(H,18,22). The van der Waals surface area contributed by atoms with Crippen molar-refractivity contribution in [3.05, 3.63) is 48.3 Å². The zero-order valence-electron chi connectivity index (χ0n) is 12.9. The van der Waals surface area contributed by atoms with Crippen molar-refractivity contribution in [3.8, 4) is 11.4 Å². The van der Waals surface area contributed by atoms with Crippen molar-refractivity contribution in [1.29, 1.82) is 0 Å². The minimum Gasteiger partial charge on any atom is -0.494 e. The molecule has 0 aliphatic carbocycles. The van der Waals surface area contributed by atoms with Crippen LogP contribution in [0.3, 0.4) is 0 Å². The second-order valence-corrected chi connectivity index (χ2v) is 4.97. The van der Waals surface area contributed by atoms with E-state index in [0.29, 0.717) is 18.2 Å². The molecule has 7 nitrogen and oxygen atoms in total. The minimum absolute atomic E-state index is 0.269. The molecule has 1 aromatic heterocycles. The Labute approximate surface area is 133 Å². The molecule has 0 spiro atoms. The lowest BCUT2D eigenvalue weighted by Crippen LogP contribution is -2.32. The smallest absolute Gasteiger partial charge is 0.328 e. The summed E-state index contributed by atoms with van der Waals surface area (Å²) < 4.78 is 7.03. The fourth-order valence-electron chi connectivity index (χ4n) is 2.28. The average Bonchev–Trinajstić information content (AvgIpc) is 2.95. The number of methoxy groups -OCH3 is 1. The Morgan fingerprint density at radius 2 is 2.17 bits per heavy atom. The Kier molecular flexibility index (Phi) is 4.09. The van der Waals surface area contributed by atoms with Crippen molar-refractivity contribution < 1.29 is 9.53 Å². The van der Waals surface area contributed by atoms with Gasteiger partial charge in [-0.2, -0.15) is 5.10 Å². The fourth-order valence-corrected chi connectivity index (χ4v) is 2.28. The number of carbonyl (C=O) groups is 1. The van der Waals surface area contributed by atoms with E-state index in [1.165, 1.54) is 4.90 Å². The first-order valence-corrected chi connectivity index (χ1v) is 7.13. The predicted molar refractivity (Wildman–Crippen MR) is 88.2 cm³/mol. The van der Waals surface area contributed by atoms with Gasteiger partial charge in [0.2, 0.25) is 0 Å². The van der Waals surface area contributed by atoms with Crippen LogP contribution in [0.25, 0.3) is 5.69 Å². The van der Waals surface area contributed by atoms with E-state index in [2.05, 4.69) is 15.4 Å². The zero-order chi connectivity index (χ0) is 16.2. The van der Waals surface area contributed by atoms with Crippen molar-refractivity contribution in [2.45, 2.75) is 6.92 Å². The number of urea groups is 1. The van der Waals surface area contributed by atoms with Crippen LogP contribution in [-0.2, 0) is 0 Å². The molecule has 1 aliphatic heterocycles. The normalized spacial score (nSPS) is 13.2. The van der Waals surface area contributed by atoms with Gasteiger partial charge >= 0.3 is 6.03 Å². The number of benzene rings is 1. The molecular weight excluding hydrogens is 294 g/mol. The van der Waals surface area contributed by atoms with Crippen LogP contribution in [-0.4, -0.2) is 40.7 Å². The largest absolute Gasteiger partial charge is 0.494 e. The molecule has 3 rings (SSSR count). The maximum absolute atomic E-state index is 12.3. The van der Waals surface area contributed by atoms with Crippen LogP contribution < -0.4 is 10.1 Å². The number of hydrogen-bond donors (Lipinski definition) is 1. The van der Waals surface area contributed by atoms with Crippen LogP contribution >= 0.6 is 0 Å². The van der Waals surface area contributed by atoms with E-state index in [0.717, 1.165) is 11.4 Å². The molecule has 0 saturated heterocycles. The van der Waals surface area contributed by atoms with E-state index in [1.807, 2.05) is 31.2 Å². The van der Waals surface area contributed by atoms with E-state index < -0.39 is 0 Å². The monoisotopic (exact) mass is 311 g/mol. The summed E-state index contributed by atoms with van der Waals surface area (Å²) in [7, 11) is 1.60. The Morgan fingerprint density at radius 1 is 1.35 bits per heavy atom. The van der Waals surface area contributed by atoms with Crippen LogP contribution in [0.1, 0.15) is 5.69 Å². The molecule has 2 aromatic rings. The third-order valence-corrected chi connectivity index (χ3v) is 3.33. The molecule has 1 N–H and O–H groups in total. The first-order chi connectivity index (χ1) is 11.2. The van der Waals surface area contributed by atoms with E-state index in [-0.39, 0.29) is 6.03 Å². The number of para-hydroxylation sites is 2. The van der Waals surface area contributed by atoms with Crippen molar-refractivity contribution in [1.82, 2.24) is 14.7 Å². The maximum Gasteiger partial charge on any atom is 0.328 e. The summed E-state index contributed by atoms with van der Waals surface area (Å²) >= 11 is 0. The van der Waals surface area contributed by atoms with E-state index in [9.17, 15) is 4.79 Å². The summed E-state index contributed by atoms with van der Waals surface area (Å²) in [5, 5.41) is 7.30. The van der Waals surface area contributed by atoms with Gasteiger partial charge in [-0.3, -0.25) is 15.2 Å². The molecule has 23 heavy (non-hydrogen) atoms. The summed E-state index contributed by atoms with van der Waals surface area (Å²) in [6, 6.07) is 9.04. The summed E-state index contributed by atoms with van der Waals surface area (Å²) in [6.07, 6.45) is 5.05. The predicted octanol–water partition coefficient (Wildman–Crippen LogP) is 2.58. The molecule has 2 amide bonds. The lowest BCUT2D eigenvalue weighted by molar-refractivity contribution is 0.229. The number of allylic oxidation sites excluding steroid dienone is 1. The van der Waals surface area contributed by atoms with Gasteiger partial charge in [-0.15, -0.1) is 0 Å². The van der Waals surface area contributed by atoms with Gasteiger partial charge < -0.3 is 4.74 Å². The number of hydrogen-bond acceptors (Lipinski definition) is 4. The second kappa shape index (κ2) is 6.35. The highest BCUT2D eigenvalue weighted by molar-refractivity contribution is 5.90. The number of ether oxygens (including phenoxy) is 1. The molecule has 0 fully saturated rings. The lowest BCUT2D eigenvalue weighted by atomic mass is 10.3. The Balaban J connectivity index is 1.90. The zero-order valence-corrected chi connectivity index (χ0v) is 12.9. The maximum atomic E-state index is 12.3. The van der Waals surface area contributed by atoms with E-state index in [4.69, 9.17) is 4.74 Å². The van der Waals surface area contributed by atoms with Crippen molar-refractivity contribution in [2.24, 2.45) is 4.99 Å². The molecular formula is C16H17N5O2. The molecule has 7 heteroatoms. The minimum atomic E-state index is -0.269. The lowest BCUT2D eigenvalue weighted by Gasteiger charge is -2.19. The number of nitrogens with zero attached hydrogens (tertiary/aromatic N) is 4. The van der Waals surface area contributed by atoms with E-state index >= 15 is 0 Å². The summed E-state index contributed by atoms with van der Waals surface area (Å²) in [5.41, 5.74) is 1.55. The number of aromatic nitrogens is 2. The number of aliphatic imine (C=N–C) groups is 1. The van der Waals surface area contributed by atoms with Crippen molar-refractivity contribution in [3.63, 3.8) is 0 Å². The van der Waals surface area contributed by atoms with Gasteiger partial charge in [0.15, 0.2) is 0 Å². The van der Waals surface area contributed by atoms with Crippen molar-refractivity contribution in [2.75, 3.05) is 19.1 Å². The molecule has 0 radical (unpaired) electrons. The molecule has 1 aliphatic rings. The molecule has 0 bridgehead atoms. The number of nitrogens with one attached hydrogen (secondary N) is 1. The van der Waals surface area contributed by atoms with Gasteiger partial charge in [-0.1, -0.05) is 12.1 Å². The molecule has 118 valence electrons. The molecule has 0 atom stereocenters. The van der Waals surface area contributed by atoms with Gasteiger partial charge in [0, 0.05) is 18.5 Å². The summed E-state index contributed by atoms with van der Waals surface area (Å²) in [5.74, 6) is 1.24. The molecule has 1 aromatic carbocycles. The van der Waals surface area contributed by atoms with E-state index in [1.54, 1.807) is 36.3 Å². The van der Waals surface area contributed by atoms with Crippen LogP contribution in [0, 0.1) is 6.92 Å². The van der Waals surface area contributed by atoms with Gasteiger partial charge in [-0.05, 0) is 25.1 Å². The highest BCUT2D eigenvalue weighted by Gasteiger charge is 2.17. The number of anilines is 1. The van der Waals surface area contributed by atoms with Crippen molar-refractivity contribution >= 4 is 18.1 Å². The van der Waals surface area contributed by atoms with Crippen LogP contribution in [0.5, 0.6) is 5.75 Å². The number of aryl methyl sites for hydroxylation is 1. The van der Waals surface area contributed by atoms with Gasteiger partial charge in [0.25, 0.3) is 0 Å². The first-order valence-electron chi connectivity index (χ1n) is 7.13. The third-order valence-electron chi connectivity index (χ3n) is 3.33. The number of amides is 2. The fraction of sp³-hybridized carbons (Fsp3) is 0.188. The van der Waals surface area contributed by atoms with Crippen LogP contribution in [0.4, 0.5) is 10.6 Å². The number of carbonyl (C=O) groups excluding carboxylic acids is 1. The Bertz CT molecular complexity index is 779. The van der Waals surface area contributed by atoms with Crippen LogP contribution in [0.2, 0.25) is 0 Å². The SMILES string of the molecule is COc1ccccc1-n1nc(C)cc1NC(=O)N1C=CC=NC1. The van der Waals surface area contributed by atoms with Gasteiger partial charge in [-0.25, -0.2) is 9.48 Å². The average molecular weight is 311 g/mol. The quantitative estimate of drug-likeness (QED) is 0.947. The summed E-state index contributed by atoms with van der Waals surface area (Å²) in [4.78, 5) is 17.9. The summed E-state index contributed by atoms with van der Waals surface area (Å²) in [6.45, 7) is 2.16. The highest BCUT2D eigenvalue weighted by Crippen LogP contribution is 2.26. The molecule has 0 saturated carbocycles. The molecule has 2 heterocycles. The second-order valence-electron chi connectivity index (χ2n) is 4.97. The van der Waals surface area contributed by atoms with Crippen LogP contribution in [0.15, 0.2) is 47.6 Å². The highest BCUT2D eigenvalue weighted by atomic mass is 16.5. The number of rotatable bonds is 3. The van der Waals surface area contributed by atoms with Gasteiger partial charge in [0.05, 0.1) is 12.8 Å². The first kappa shape index (κ1) is 14.8. The third kappa shape index (κ3) is 3.08. The Morgan fingerprint density at radius 3 is 2.91 bits per heavy atom. The Hall–Kier alpha value is -3.09. The molecule has 0 unspecified atom stereocenters. The topological polar surface area (TPSA) is 71.8 Å².